The van der Waals surface area contributed by atoms with E-state index < -0.39 is 5.97 Å². The van der Waals surface area contributed by atoms with Gasteiger partial charge in [-0.05, 0) is 26.8 Å². The summed E-state index contributed by atoms with van der Waals surface area (Å²) >= 11 is 0. The molecule has 1 heterocycles. The fourth-order valence-electron chi connectivity index (χ4n) is 1.99. The van der Waals surface area contributed by atoms with Crippen LogP contribution in [0.4, 0.5) is 0 Å². The number of hydrogen-bond donors (Lipinski definition) is 1. The average Bonchev–Trinajstić information content (AvgIpc) is 2.27. The third-order valence-corrected chi connectivity index (χ3v) is 3.34. The fourth-order valence-corrected chi connectivity index (χ4v) is 1.99. The molecule has 0 aromatic carbocycles. The van der Waals surface area contributed by atoms with Gasteiger partial charge in [-0.25, -0.2) is 0 Å². The van der Waals surface area contributed by atoms with E-state index in [1.54, 1.807) is 0 Å². The second-order valence-electron chi connectivity index (χ2n) is 4.77. The molecule has 1 unspecified atom stereocenters. The SMILES string of the molecule is CC1CN(C(=O)CCCCC(=O)O)CCN1C. The molecule has 0 spiro atoms. The first-order chi connectivity index (χ1) is 8.00. The second-order valence-corrected chi connectivity index (χ2v) is 4.77. The zero-order valence-electron chi connectivity index (χ0n) is 10.7. The summed E-state index contributed by atoms with van der Waals surface area (Å²) in [4.78, 5) is 26.3. The van der Waals surface area contributed by atoms with E-state index in [1.165, 1.54) is 0 Å². The van der Waals surface area contributed by atoms with Crippen LogP contribution in [0.5, 0.6) is 0 Å². The molecule has 5 nitrogen and oxygen atoms in total. The van der Waals surface area contributed by atoms with Crippen LogP contribution in [0.25, 0.3) is 0 Å². The molecule has 5 heteroatoms. The monoisotopic (exact) mass is 242 g/mol. The van der Waals surface area contributed by atoms with Crippen molar-refractivity contribution in [1.82, 2.24) is 9.80 Å². The van der Waals surface area contributed by atoms with Crippen LogP contribution in [-0.4, -0.2) is 59.5 Å². The molecule has 0 bridgehead atoms. The zero-order valence-corrected chi connectivity index (χ0v) is 10.7. The molecule has 1 saturated heterocycles. The van der Waals surface area contributed by atoms with Crippen LogP contribution in [0.1, 0.15) is 32.6 Å². The van der Waals surface area contributed by atoms with Gasteiger partial charge in [0.05, 0.1) is 0 Å². The number of carbonyl (C=O) groups excluding carboxylic acids is 1. The molecule has 98 valence electrons. The van der Waals surface area contributed by atoms with Gasteiger partial charge in [-0.15, -0.1) is 0 Å². The lowest BCUT2D eigenvalue weighted by atomic mass is 10.1. The molecule has 0 aromatic rings. The van der Waals surface area contributed by atoms with Crippen LogP contribution in [0, 0.1) is 0 Å². The minimum absolute atomic E-state index is 0.159. The molecule has 1 aliphatic heterocycles. The van der Waals surface area contributed by atoms with E-state index in [4.69, 9.17) is 5.11 Å². The molecule has 0 saturated carbocycles. The normalized spacial score (nSPS) is 21.5. The van der Waals surface area contributed by atoms with Crippen LogP contribution >= 0.6 is 0 Å². The van der Waals surface area contributed by atoms with Crippen molar-refractivity contribution in [2.45, 2.75) is 38.6 Å². The Kier molecular flexibility index (Phi) is 5.41. The predicted octanol–water partition coefficient (Wildman–Crippen LogP) is 0.794. The van der Waals surface area contributed by atoms with Crippen LogP contribution in [0.3, 0.4) is 0 Å². The number of rotatable bonds is 5. The first-order valence-corrected chi connectivity index (χ1v) is 6.20. The van der Waals surface area contributed by atoms with E-state index in [9.17, 15) is 9.59 Å². The summed E-state index contributed by atoms with van der Waals surface area (Å²) in [6.07, 6.45) is 1.90. The Morgan fingerprint density at radius 2 is 1.88 bits per heavy atom. The van der Waals surface area contributed by atoms with E-state index in [2.05, 4.69) is 18.9 Å². The van der Waals surface area contributed by atoms with Gasteiger partial charge >= 0.3 is 5.97 Å². The molecule has 1 fully saturated rings. The van der Waals surface area contributed by atoms with Crippen LogP contribution in [0.15, 0.2) is 0 Å². The van der Waals surface area contributed by atoms with Gasteiger partial charge in [-0.2, -0.15) is 0 Å². The summed E-state index contributed by atoms with van der Waals surface area (Å²) in [7, 11) is 2.07. The molecule has 1 aliphatic rings. The minimum Gasteiger partial charge on any atom is -0.481 e. The molecule has 17 heavy (non-hydrogen) atoms. The Labute approximate surface area is 102 Å². The van der Waals surface area contributed by atoms with E-state index in [0.717, 1.165) is 19.6 Å². The van der Waals surface area contributed by atoms with Crippen molar-refractivity contribution in [3.8, 4) is 0 Å². The number of unbranched alkanes of at least 4 members (excludes halogenated alkanes) is 1. The molecule has 0 radical (unpaired) electrons. The number of carboxylic acid groups (broad SMARTS) is 1. The van der Waals surface area contributed by atoms with Crippen molar-refractivity contribution in [2.75, 3.05) is 26.7 Å². The maximum Gasteiger partial charge on any atom is 0.303 e. The number of aliphatic carboxylic acids is 1. The van der Waals surface area contributed by atoms with Crippen molar-refractivity contribution in [3.63, 3.8) is 0 Å². The lowest BCUT2D eigenvalue weighted by Gasteiger charge is -2.37. The second kappa shape index (κ2) is 6.59. The fraction of sp³-hybridized carbons (Fsp3) is 0.833. The quantitative estimate of drug-likeness (QED) is 0.724. The summed E-state index contributed by atoms with van der Waals surface area (Å²) in [6.45, 7) is 4.61. The number of hydrogen-bond acceptors (Lipinski definition) is 3. The zero-order chi connectivity index (χ0) is 12.8. The number of amides is 1. The highest BCUT2D eigenvalue weighted by Gasteiger charge is 2.23. The van der Waals surface area contributed by atoms with E-state index in [-0.39, 0.29) is 12.3 Å². The lowest BCUT2D eigenvalue weighted by molar-refractivity contribution is -0.138. The van der Waals surface area contributed by atoms with Gasteiger partial charge in [0, 0.05) is 38.5 Å². The Morgan fingerprint density at radius 3 is 2.47 bits per heavy atom. The van der Waals surface area contributed by atoms with E-state index in [0.29, 0.717) is 25.3 Å². The minimum atomic E-state index is -0.786. The highest BCUT2D eigenvalue weighted by atomic mass is 16.4. The van der Waals surface area contributed by atoms with Gasteiger partial charge in [0.2, 0.25) is 5.91 Å². The smallest absolute Gasteiger partial charge is 0.303 e. The first kappa shape index (κ1) is 14.0. The van der Waals surface area contributed by atoms with Crippen molar-refractivity contribution in [3.05, 3.63) is 0 Å². The van der Waals surface area contributed by atoms with Crippen molar-refractivity contribution in [1.29, 1.82) is 0 Å². The number of carboxylic acids is 1. The largest absolute Gasteiger partial charge is 0.481 e. The number of piperazine rings is 1. The van der Waals surface area contributed by atoms with Gasteiger partial charge < -0.3 is 14.9 Å². The molecular formula is C12H22N2O3. The molecule has 1 N–H and O–H groups in total. The van der Waals surface area contributed by atoms with Gasteiger partial charge in [0.1, 0.15) is 0 Å². The van der Waals surface area contributed by atoms with E-state index >= 15 is 0 Å². The topological polar surface area (TPSA) is 60.9 Å². The Hall–Kier alpha value is -1.10. The van der Waals surface area contributed by atoms with Crippen LogP contribution < -0.4 is 0 Å². The standard InChI is InChI=1S/C12H22N2O3/c1-10-9-14(8-7-13(10)2)11(15)5-3-4-6-12(16)17/h10H,3-9H2,1-2H3,(H,16,17). The highest BCUT2D eigenvalue weighted by molar-refractivity contribution is 5.76. The Bertz CT molecular complexity index is 281. The van der Waals surface area contributed by atoms with Crippen molar-refractivity contribution >= 4 is 11.9 Å². The summed E-state index contributed by atoms with van der Waals surface area (Å²) in [6, 6.07) is 0.409. The summed E-state index contributed by atoms with van der Waals surface area (Å²) in [5.41, 5.74) is 0. The molecule has 0 aromatic heterocycles. The summed E-state index contributed by atoms with van der Waals surface area (Å²) in [5, 5.41) is 8.49. The number of nitrogens with zero attached hydrogens (tertiary/aromatic N) is 2. The highest BCUT2D eigenvalue weighted by Crippen LogP contribution is 2.10. The number of likely N-dealkylation sites (N-methyl/N-ethyl adjacent to an activating group) is 1. The summed E-state index contributed by atoms with van der Waals surface area (Å²) in [5.74, 6) is -0.624. The maximum absolute atomic E-state index is 11.9. The van der Waals surface area contributed by atoms with E-state index in [1.807, 2.05) is 4.90 Å². The summed E-state index contributed by atoms with van der Waals surface area (Å²) < 4.78 is 0. The Balaban J connectivity index is 2.21. The van der Waals surface area contributed by atoms with Gasteiger partial charge in [-0.3, -0.25) is 9.59 Å². The maximum atomic E-state index is 11.9. The Morgan fingerprint density at radius 1 is 1.24 bits per heavy atom. The van der Waals surface area contributed by atoms with Gasteiger partial charge in [0.25, 0.3) is 0 Å². The van der Waals surface area contributed by atoms with Crippen molar-refractivity contribution in [2.24, 2.45) is 0 Å². The van der Waals surface area contributed by atoms with Crippen molar-refractivity contribution < 1.29 is 14.7 Å². The first-order valence-electron chi connectivity index (χ1n) is 6.20. The molecule has 1 rings (SSSR count). The predicted molar refractivity (Wildman–Crippen MR) is 64.8 cm³/mol. The van der Waals surface area contributed by atoms with Crippen LogP contribution in [-0.2, 0) is 9.59 Å². The molecule has 1 amide bonds. The molecule has 0 aliphatic carbocycles. The number of carbonyl (C=O) groups is 2. The molecular weight excluding hydrogens is 220 g/mol. The average molecular weight is 242 g/mol. The van der Waals surface area contributed by atoms with Gasteiger partial charge in [0.15, 0.2) is 0 Å². The van der Waals surface area contributed by atoms with Crippen LogP contribution in [0.2, 0.25) is 0 Å². The third kappa shape index (κ3) is 4.73. The van der Waals surface area contributed by atoms with Gasteiger partial charge in [-0.1, -0.05) is 0 Å². The third-order valence-electron chi connectivity index (χ3n) is 3.34. The lowest BCUT2D eigenvalue weighted by Crippen LogP contribution is -2.51. The molecule has 1 atom stereocenters.